The fraction of sp³-hybridized carbons (Fsp3) is 0. The zero-order valence-corrected chi connectivity index (χ0v) is 5.15. The predicted octanol–water partition coefficient (Wildman–Crippen LogP) is -2.43. The molecule has 0 saturated heterocycles. The van der Waals surface area contributed by atoms with E-state index in [4.69, 9.17) is 15.0 Å². The van der Waals surface area contributed by atoms with Crippen molar-refractivity contribution in [2.24, 2.45) is 0 Å². The number of carbonyl (C=O) groups is 1. The first-order valence-electron chi connectivity index (χ1n) is 0.651. The first-order chi connectivity index (χ1) is 1.73. The summed E-state index contributed by atoms with van der Waals surface area (Å²) in [7, 11) is 0. The summed E-state index contributed by atoms with van der Waals surface area (Å²) in [4.78, 5) is 8.56. The van der Waals surface area contributed by atoms with Crippen LogP contribution < -0.4 is 0 Å². The quantitative estimate of drug-likeness (QED) is 0.378. The molecule has 0 bridgehead atoms. The van der Waals surface area contributed by atoms with Gasteiger partial charge in [0.2, 0.25) is 0 Å². The molecule has 9 heteroatoms. The maximum atomic E-state index is 8.56. The van der Waals surface area contributed by atoms with Crippen LogP contribution in [0, 0.1) is 0 Å². The van der Waals surface area contributed by atoms with Crippen molar-refractivity contribution in [3.05, 3.63) is 0 Å². The van der Waals surface area contributed by atoms with Crippen LogP contribution in [0.25, 0.3) is 0 Å². The van der Waals surface area contributed by atoms with Crippen LogP contribution in [0.4, 0.5) is 4.79 Å². The fourth-order valence-electron chi connectivity index (χ4n) is 0. The first kappa shape index (κ1) is 46.6. The SMILES string of the molecule is Cl.O=C(O)O.P.[CaH2].[KH].[MgH2].[NaH]. The van der Waals surface area contributed by atoms with Gasteiger partial charge in [0.25, 0.3) is 0 Å². The van der Waals surface area contributed by atoms with E-state index in [1.54, 1.807) is 0 Å². The van der Waals surface area contributed by atoms with Crippen LogP contribution in [0.15, 0.2) is 0 Å². The fourth-order valence-corrected chi connectivity index (χ4v) is 0. The van der Waals surface area contributed by atoms with Crippen molar-refractivity contribution >= 4 is 170 Å². The normalized spacial score (nSPS) is 2.40. The van der Waals surface area contributed by atoms with Gasteiger partial charge in [0.15, 0.2) is 0 Å². The molecule has 0 aliphatic rings. The van der Waals surface area contributed by atoms with Crippen LogP contribution in [-0.2, 0) is 0 Å². The van der Waals surface area contributed by atoms with E-state index in [-0.39, 0.29) is 164 Å². The second-order valence-electron chi connectivity index (χ2n) is 0.283. The summed E-state index contributed by atoms with van der Waals surface area (Å²) in [6.07, 6.45) is -1.83. The minimum absolute atomic E-state index is 0. The van der Waals surface area contributed by atoms with Gasteiger partial charge in [0.05, 0.1) is 0 Å². The molecular formula is CH12CaClKMgNaO3P. The molecule has 0 aromatic heterocycles. The molecule has 0 aromatic carbocycles. The molecule has 0 rings (SSSR count). The van der Waals surface area contributed by atoms with Crippen LogP contribution in [0.1, 0.15) is 0 Å². The Morgan fingerprint density at radius 3 is 1.20 bits per heavy atom. The zero-order valence-electron chi connectivity index (χ0n) is 2.92. The number of rotatable bonds is 0. The van der Waals surface area contributed by atoms with E-state index in [0.29, 0.717) is 0 Å². The van der Waals surface area contributed by atoms with E-state index in [2.05, 4.69) is 0 Å². The van der Waals surface area contributed by atoms with Gasteiger partial charge in [0, 0.05) is 0 Å². The topological polar surface area (TPSA) is 57.5 Å². The van der Waals surface area contributed by atoms with Gasteiger partial charge in [0.1, 0.15) is 0 Å². The average molecular weight is 265 g/mol. The molecule has 0 aromatic rings. The van der Waals surface area contributed by atoms with Gasteiger partial charge in [-0.15, -0.1) is 12.4 Å². The van der Waals surface area contributed by atoms with Gasteiger partial charge in [-0.2, -0.15) is 9.90 Å². The summed E-state index contributed by atoms with van der Waals surface area (Å²) >= 11 is 0. The number of hydrogen-bond donors (Lipinski definition) is 2. The van der Waals surface area contributed by atoms with E-state index in [1.807, 2.05) is 0 Å². The van der Waals surface area contributed by atoms with Gasteiger partial charge in [-0.3, -0.25) is 0 Å². The van der Waals surface area contributed by atoms with E-state index >= 15 is 0 Å². The monoisotopic (exact) mass is 264 g/mol. The Morgan fingerprint density at radius 2 is 1.20 bits per heavy atom. The van der Waals surface area contributed by atoms with Crippen LogP contribution in [-0.4, -0.2) is 158 Å². The van der Waals surface area contributed by atoms with E-state index in [1.165, 1.54) is 0 Å². The van der Waals surface area contributed by atoms with Crippen molar-refractivity contribution in [1.29, 1.82) is 0 Å². The van der Waals surface area contributed by atoms with Crippen LogP contribution in [0.3, 0.4) is 0 Å². The molecule has 0 aliphatic carbocycles. The van der Waals surface area contributed by atoms with E-state index in [0.717, 1.165) is 0 Å². The molecule has 0 amide bonds. The van der Waals surface area contributed by atoms with E-state index < -0.39 is 6.16 Å². The summed E-state index contributed by atoms with van der Waals surface area (Å²) in [6, 6.07) is 0. The molecule has 2 N–H and O–H groups in total. The molecule has 52 valence electrons. The Labute approximate surface area is 180 Å². The predicted molar refractivity (Wildman–Crippen MR) is 60.4 cm³/mol. The third kappa shape index (κ3) is 79.4. The Bertz CT molecular complexity index is 51.5. The summed E-state index contributed by atoms with van der Waals surface area (Å²) < 4.78 is 0. The second kappa shape index (κ2) is 37.3. The third-order valence-corrected chi connectivity index (χ3v) is 0. The number of halogens is 1. The Morgan fingerprint density at radius 1 is 1.20 bits per heavy atom. The molecule has 0 spiro atoms. The summed E-state index contributed by atoms with van der Waals surface area (Å²) in [5, 5.41) is 13.9. The molecule has 1 atom stereocenters. The van der Waals surface area contributed by atoms with Crippen molar-refractivity contribution in [1.82, 2.24) is 0 Å². The Hall–Kier alpha value is 4.65. The van der Waals surface area contributed by atoms with E-state index in [9.17, 15) is 0 Å². The molecular weight excluding hydrogens is 253 g/mol. The first-order valence-corrected chi connectivity index (χ1v) is 0.651. The van der Waals surface area contributed by atoms with Crippen LogP contribution >= 0.6 is 22.3 Å². The van der Waals surface area contributed by atoms with Crippen molar-refractivity contribution < 1.29 is 15.0 Å². The van der Waals surface area contributed by atoms with Crippen molar-refractivity contribution in [3.63, 3.8) is 0 Å². The van der Waals surface area contributed by atoms with Gasteiger partial charge in [-0.1, -0.05) is 0 Å². The Kier molecular flexibility index (Phi) is 174. The number of hydrogen-bond acceptors (Lipinski definition) is 1. The minimum atomic E-state index is -1.83. The molecule has 0 aliphatic heterocycles. The standard InChI is InChI=1S/CH2O3.Ca.ClH.K.Mg.Na.H3P.6H/c2-1(3)4;;;;;;;;;;;;/h(H2,2,3,4);;1H;;;;1H3;;;;;;. The Balaban J connectivity index is -0.00000000300. The van der Waals surface area contributed by atoms with Gasteiger partial charge >= 0.3 is 148 Å². The third-order valence-electron chi connectivity index (χ3n) is 0. The van der Waals surface area contributed by atoms with Crippen LogP contribution in [0.2, 0.25) is 0 Å². The van der Waals surface area contributed by atoms with Crippen molar-refractivity contribution in [2.45, 2.75) is 0 Å². The van der Waals surface area contributed by atoms with Gasteiger partial charge < -0.3 is 10.2 Å². The summed E-state index contributed by atoms with van der Waals surface area (Å²) in [5.74, 6) is 0. The number of carboxylic acid groups (broad SMARTS) is 2. The summed E-state index contributed by atoms with van der Waals surface area (Å²) in [6.45, 7) is 0. The molecule has 0 saturated carbocycles. The maximum absolute atomic E-state index is 8.56. The molecule has 1 unspecified atom stereocenters. The van der Waals surface area contributed by atoms with Crippen LogP contribution in [0.5, 0.6) is 0 Å². The summed E-state index contributed by atoms with van der Waals surface area (Å²) in [5.41, 5.74) is 0. The van der Waals surface area contributed by atoms with Gasteiger partial charge in [-0.05, 0) is 0 Å². The molecule has 0 heterocycles. The molecule has 10 heavy (non-hydrogen) atoms. The second-order valence-corrected chi connectivity index (χ2v) is 0.283. The van der Waals surface area contributed by atoms with Gasteiger partial charge in [-0.25, -0.2) is 4.79 Å². The average Bonchev–Trinajstić information content (AvgIpc) is 0.811. The van der Waals surface area contributed by atoms with Crippen molar-refractivity contribution in [2.75, 3.05) is 0 Å². The molecule has 0 fully saturated rings. The van der Waals surface area contributed by atoms with Crippen molar-refractivity contribution in [3.8, 4) is 0 Å². The molecule has 0 radical (unpaired) electrons. The zero-order chi connectivity index (χ0) is 3.58. The molecule has 3 nitrogen and oxygen atoms in total.